The van der Waals surface area contributed by atoms with Gasteiger partial charge < -0.3 is 19.7 Å². The van der Waals surface area contributed by atoms with E-state index in [0.717, 1.165) is 42.5 Å². The molecule has 2 heterocycles. The SMILES string of the molecule is COc1cc2c(cc1OC)CN(c1ccnc(Nc3ccccc3Cl)n1)CC2. The molecule has 0 spiro atoms. The van der Waals surface area contributed by atoms with E-state index in [2.05, 4.69) is 26.3 Å². The number of anilines is 3. The minimum Gasteiger partial charge on any atom is -0.493 e. The molecule has 0 unspecified atom stereocenters. The van der Waals surface area contributed by atoms with E-state index in [0.29, 0.717) is 11.0 Å². The van der Waals surface area contributed by atoms with Crippen LogP contribution in [-0.2, 0) is 13.0 Å². The maximum atomic E-state index is 6.22. The molecular weight excluding hydrogens is 376 g/mol. The Morgan fingerprint density at radius 1 is 1.04 bits per heavy atom. The zero-order chi connectivity index (χ0) is 19.5. The number of ether oxygens (including phenoxy) is 2. The molecule has 0 amide bonds. The first-order valence-corrected chi connectivity index (χ1v) is 9.39. The van der Waals surface area contributed by atoms with E-state index in [4.69, 9.17) is 21.1 Å². The van der Waals surface area contributed by atoms with Crippen molar-refractivity contribution in [3.05, 3.63) is 64.8 Å². The number of para-hydroxylation sites is 1. The number of fused-ring (bicyclic) bond motifs is 1. The first-order valence-electron chi connectivity index (χ1n) is 9.01. The molecule has 1 aromatic heterocycles. The Morgan fingerprint density at radius 3 is 2.54 bits per heavy atom. The van der Waals surface area contributed by atoms with E-state index in [1.54, 1.807) is 20.4 Å². The van der Waals surface area contributed by atoms with E-state index in [-0.39, 0.29) is 0 Å². The molecule has 144 valence electrons. The molecule has 1 aliphatic heterocycles. The summed E-state index contributed by atoms with van der Waals surface area (Å²) in [6.07, 6.45) is 2.67. The molecule has 28 heavy (non-hydrogen) atoms. The summed E-state index contributed by atoms with van der Waals surface area (Å²) in [5.74, 6) is 2.89. The van der Waals surface area contributed by atoms with Crippen molar-refractivity contribution < 1.29 is 9.47 Å². The Kier molecular flexibility index (Phi) is 5.21. The van der Waals surface area contributed by atoms with Crippen LogP contribution in [0.5, 0.6) is 11.5 Å². The summed E-state index contributed by atoms with van der Waals surface area (Å²) in [7, 11) is 3.32. The highest BCUT2D eigenvalue weighted by molar-refractivity contribution is 6.33. The Bertz CT molecular complexity index is 996. The largest absolute Gasteiger partial charge is 0.493 e. The topological polar surface area (TPSA) is 59.5 Å². The fourth-order valence-electron chi connectivity index (χ4n) is 3.35. The fraction of sp³-hybridized carbons (Fsp3) is 0.238. The number of benzene rings is 2. The summed E-state index contributed by atoms with van der Waals surface area (Å²) in [4.78, 5) is 11.2. The Labute approximate surface area is 169 Å². The van der Waals surface area contributed by atoms with Crippen molar-refractivity contribution in [1.82, 2.24) is 9.97 Å². The van der Waals surface area contributed by atoms with Gasteiger partial charge in [0.25, 0.3) is 0 Å². The van der Waals surface area contributed by atoms with Gasteiger partial charge in [-0.15, -0.1) is 0 Å². The van der Waals surface area contributed by atoms with E-state index in [1.807, 2.05) is 36.4 Å². The molecule has 3 aromatic rings. The third kappa shape index (κ3) is 3.68. The Balaban J connectivity index is 1.57. The van der Waals surface area contributed by atoms with Gasteiger partial charge in [-0.1, -0.05) is 23.7 Å². The predicted octanol–water partition coefficient (Wildman–Crippen LogP) is 4.45. The van der Waals surface area contributed by atoms with Crippen molar-refractivity contribution in [2.24, 2.45) is 0 Å². The number of rotatable bonds is 5. The minimum absolute atomic E-state index is 0.517. The lowest BCUT2D eigenvalue weighted by atomic mass is 9.99. The zero-order valence-corrected chi connectivity index (χ0v) is 16.5. The molecule has 0 bridgehead atoms. The molecular formula is C21H21ClN4O2. The van der Waals surface area contributed by atoms with Gasteiger partial charge in [0.05, 0.1) is 24.9 Å². The quantitative estimate of drug-likeness (QED) is 0.687. The second-order valence-electron chi connectivity index (χ2n) is 6.49. The molecule has 6 nitrogen and oxygen atoms in total. The van der Waals surface area contributed by atoms with Crippen LogP contribution in [0.3, 0.4) is 0 Å². The number of halogens is 1. The Morgan fingerprint density at radius 2 is 1.79 bits per heavy atom. The third-order valence-corrected chi connectivity index (χ3v) is 5.13. The summed E-state index contributed by atoms with van der Waals surface area (Å²) in [6.45, 7) is 1.61. The van der Waals surface area contributed by atoms with Gasteiger partial charge in [0.2, 0.25) is 5.95 Å². The van der Waals surface area contributed by atoms with E-state index in [9.17, 15) is 0 Å². The molecule has 0 atom stereocenters. The van der Waals surface area contributed by atoms with Crippen molar-refractivity contribution in [2.75, 3.05) is 31.0 Å². The van der Waals surface area contributed by atoms with Gasteiger partial charge in [0, 0.05) is 19.3 Å². The standard InChI is InChI=1S/C21H21ClN4O2/c1-27-18-11-14-8-10-26(13-15(14)12-19(18)28-2)20-7-9-23-21(25-20)24-17-6-4-3-5-16(17)22/h3-7,9,11-12H,8,10,13H2,1-2H3,(H,23,24,25). The molecule has 2 aromatic carbocycles. The lowest BCUT2D eigenvalue weighted by Gasteiger charge is -2.30. The Hall–Kier alpha value is -2.99. The predicted molar refractivity (Wildman–Crippen MR) is 111 cm³/mol. The average Bonchev–Trinajstić information content (AvgIpc) is 2.74. The summed E-state index contributed by atoms with van der Waals surface area (Å²) in [6, 6.07) is 13.6. The van der Waals surface area contributed by atoms with Gasteiger partial charge in [-0.05, 0) is 47.9 Å². The van der Waals surface area contributed by atoms with Crippen LogP contribution in [0.2, 0.25) is 5.02 Å². The molecule has 0 fully saturated rings. The minimum atomic E-state index is 0.517. The maximum Gasteiger partial charge on any atom is 0.229 e. The second kappa shape index (κ2) is 7.94. The molecule has 0 aliphatic carbocycles. The van der Waals surface area contributed by atoms with Gasteiger partial charge in [-0.25, -0.2) is 4.98 Å². The normalized spacial score (nSPS) is 13.0. The molecule has 7 heteroatoms. The van der Waals surface area contributed by atoms with Crippen molar-refractivity contribution in [3.63, 3.8) is 0 Å². The van der Waals surface area contributed by atoms with Crippen LogP contribution < -0.4 is 19.7 Å². The van der Waals surface area contributed by atoms with Gasteiger partial charge in [0.15, 0.2) is 11.5 Å². The molecule has 0 radical (unpaired) electrons. The van der Waals surface area contributed by atoms with Crippen LogP contribution in [0.1, 0.15) is 11.1 Å². The fourth-order valence-corrected chi connectivity index (χ4v) is 3.53. The number of nitrogens with one attached hydrogen (secondary N) is 1. The smallest absolute Gasteiger partial charge is 0.229 e. The molecule has 1 aliphatic rings. The summed E-state index contributed by atoms with van der Waals surface area (Å²) in [5.41, 5.74) is 3.27. The number of hydrogen-bond acceptors (Lipinski definition) is 6. The molecule has 4 rings (SSSR count). The monoisotopic (exact) mass is 396 g/mol. The van der Waals surface area contributed by atoms with Gasteiger partial charge >= 0.3 is 0 Å². The molecule has 1 N–H and O–H groups in total. The van der Waals surface area contributed by atoms with Crippen molar-refractivity contribution in [1.29, 1.82) is 0 Å². The highest BCUT2D eigenvalue weighted by Gasteiger charge is 2.21. The highest BCUT2D eigenvalue weighted by Crippen LogP contribution is 2.34. The second-order valence-corrected chi connectivity index (χ2v) is 6.90. The van der Waals surface area contributed by atoms with Gasteiger partial charge in [-0.3, -0.25) is 0 Å². The number of nitrogens with zero attached hydrogens (tertiary/aromatic N) is 3. The number of methoxy groups -OCH3 is 2. The molecule has 0 saturated carbocycles. The van der Waals surface area contributed by atoms with Crippen LogP contribution in [0.4, 0.5) is 17.5 Å². The van der Waals surface area contributed by atoms with Crippen LogP contribution in [0.25, 0.3) is 0 Å². The molecule has 0 saturated heterocycles. The number of aromatic nitrogens is 2. The summed E-state index contributed by atoms with van der Waals surface area (Å²) < 4.78 is 10.9. The van der Waals surface area contributed by atoms with Crippen LogP contribution in [-0.4, -0.2) is 30.7 Å². The van der Waals surface area contributed by atoms with Crippen molar-refractivity contribution >= 4 is 29.1 Å². The first-order chi connectivity index (χ1) is 13.7. The van der Waals surface area contributed by atoms with Crippen LogP contribution >= 0.6 is 11.6 Å². The van der Waals surface area contributed by atoms with Gasteiger partial charge in [0.1, 0.15) is 5.82 Å². The lowest BCUT2D eigenvalue weighted by molar-refractivity contribution is 0.353. The van der Waals surface area contributed by atoms with Crippen molar-refractivity contribution in [3.8, 4) is 11.5 Å². The highest BCUT2D eigenvalue weighted by atomic mass is 35.5. The average molecular weight is 397 g/mol. The van der Waals surface area contributed by atoms with Crippen molar-refractivity contribution in [2.45, 2.75) is 13.0 Å². The van der Waals surface area contributed by atoms with E-state index in [1.165, 1.54) is 11.1 Å². The van der Waals surface area contributed by atoms with Crippen LogP contribution in [0, 0.1) is 0 Å². The zero-order valence-electron chi connectivity index (χ0n) is 15.8. The maximum absolute atomic E-state index is 6.22. The summed E-state index contributed by atoms with van der Waals surface area (Å²) in [5, 5.41) is 3.82. The van der Waals surface area contributed by atoms with E-state index >= 15 is 0 Å². The number of hydrogen-bond donors (Lipinski definition) is 1. The van der Waals surface area contributed by atoms with Gasteiger partial charge in [-0.2, -0.15) is 4.98 Å². The lowest BCUT2D eigenvalue weighted by Crippen LogP contribution is -2.31. The first kappa shape index (κ1) is 18.4. The van der Waals surface area contributed by atoms with Crippen LogP contribution in [0.15, 0.2) is 48.7 Å². The summed E-state index contributed by atoms with van der Waals surface area (Å²) >= 11 is 6.22. The third-order valence-electron chi connectivity index (χ3n) is 4.80. The van der Waals surface area contributed by atoms with E-state index < -0.39 is 0 Å².